The molecule has 0 radical (unpaired) electrons. The molecule has 0 spiro atoms. The molecule has 2 aromatic carbocycles. The van der Waals surface area contributed by atoms with Crippen LogP contribution in [0.1, 0.15) is 21.5 Å². The summed E-state index contributed by atoms with van der Waals surface area (Å²) in [4.78, 5) is 12.1. The summed E-state index contributed by atoms with van der Waals surface area (Å²) < 4.78 is 25.8. The Kier molecular flexibility index (Phi) is 3.43. The van der Waals surface area contributed by atoms with Gasteiger partial charge in [-0.05, 0) is 42.8 Å². The van der Waals surface area contributed by atoms with Gasteiger partial charge in [0.05, 0.1) is 5.02 Å². The highest BCUT2D eigenvalue weighted by molar-refractivity contribution is 6.35. The molecule has 0 amide bonds. The van der Waals surface area contributed by atoms with Crippen LogP contribution in [0.15, 0.2) is 36.4 Å². The Balaban J connectivity index is 2.44. The molecule has 0 atom stereocenters. The molecule has 0 bridgehead atoms. The molecular weight excluding hydrogens is 258 g/mol. The number of ketones is 1. The third-order valence-corrected chi connectivity index (χ3v) is 2.86. The standard InChI is InChI=1S/C14H9ClF2O/c1-8-2-4-10(11(15)6-8)14(18)9-3-5-12(16)13(17)7-9/h2-7H,1H3. The molecule has 1 nitrogen and oxygen atoms in total. The van der Waals surface area contributed by atoms with Crippen molar-refractivity contribution in [2.45, 2.75) is 6.92 Å². The Morgan fingerprint density at radius 3 is 2.39 bits per heavy atom. The maximum atomic E-state index is 13.1. The van der Waals surface area contributed by atoms with E-state index in [1.165, 1.54) is 6.07 Å². The predicted octanol–water partition coefficient (Wildman–Crippen LogP) is 4.16. The number of hydrogen-bond donors (Lipinski definition) is 0. The molecular formula is C14H9ClF2O. The van der Waals surface area contributed by atoms with Gasteiger partial charge in [-0.2, -0.15) is 0 Å². The van der Waals surface area contributed by atoms with Crippen LogP contribution in [0, 0.1) is 18.6 Å². The quantitative estimate of drug-likeness (QED) is 0.746. The lowest BCUT2D eigenvalue weighted by Crippen LogP contribution is -2.03. The van der Waals surface area contributed by atoms with Crippen molar-refractivity contribution in [3.8, 4) is 0 Å². The number of carbonyl (C=O) groups is 1. The SMILES string of the molecule is Cc1ccc(C(=O)c2ccc(F)c(F)c2)c(Cl)c1. The molecule has 0 saturated carbocycles. The normalized spacial score (nSPS) is 10.4. The van der Waals surface area contributed by atoms with Gasteiger partial charge in [0.2, 0.25) is 0 Å². The van der Waals surface area contributed by atoms with E-state index in [9.17, 15) is 13.6 Å². The first kappa shape index (κ1) is 12.7. The number of rotatable bonds is 2. The average Bonchev–Trinajstić information content (AvgIpc) is 2.32. The Labute approximate surface area is 108 Å². The summed E-state index contributed by atoms with van der Waals surface area (Å²) >= 11 is 5.96. The lowest BCUT2D eigenvalue weighted by molar-refractivity contribution is 0.103. The Hall–Kier alpha value is -1.74. The first-order chi connectivity index (χ1) is 8.49. The third kappa shape index (κ3) is 2.41. The van der Waals surface area contributed by atoms with Crippen molar-refractivity contribution < 1.29 is 13.6 Å². The molecule has 0 aliphatic rings. The molecule has 0 unspecified atom stereocenters. The highest BCUT2D eigenvalue weighted by Gasteiger charge is 2.14. The van der Waals surface area contributed by atoms with Crippen LogP contribution < -0.4 is 0 Å². The molecule has 0 heterocycles. The van der Waals surface area contributed by atoms with E-state index >= 15 is 0 Å². The van der Waals surface area contributed by atoms with Gasteiger partial charge in [-0.25, -0.2) is 8.78 Å². The Morgan fingerprint density at radius 1 is 1.06 bits per heavy atom. The molecule has 0 N–H and O–H groups in total. The van der Waals surface area contributed by atoms with E-state index in [0.29, 0.717) is 5.02 Å². The first-order valence-electron chi connectivity index (χ1n) is 5.25. The minimum atomic E-state index is -1.05. The maximum absolute atomic E-state index is 13.1. The van der Waals surface area contributed by atoms with Crippen LogP contribution in [0.5, 0.6) is 0 Å². The van der Waals surface area contributed by atoms with Gasteiger partial charge in [-0.3, -0.25) is 4.79 Å². The summed E-state index contributed by atoms with van der Waals surface area (Å²) in [6.45, 7) is 1.84. The highest BCUT2D eigenvalue weighted by atomic mass is 35.5. The smallest absolute Gasteiger partial charge is 0.194 e. The van der Waals surface area contributed by atoms with Crippen LogP contribution >= 0.6 is 11.6 Å². The molecule has 0 aliphatic heterocycles. The Bertz CT molecular complexity index is 623. The number of benzene rings is 2. The zero-order valence-corrected chi connectivity index (χ0v) is 10.3. The van der Waals surface area contributed by atoms with Gasteiger partial charge >= 0.3 is 0 Å². The molecule has 0 aliphatic carbocycles. The van der Waals surface area contributed by atoms with Gasteiger partial charge in [0.15, 0.2) is 17.4 Å². The molecule has 4 heteroatoms. The molecule has 18 heavy (non-hydrogen) atoms. The van der Waals surface area contributed by atoms with Crippen molar-refractivity contribution in [1.29, 1.82) is 0 Å². The Morgan fingerprint density at radius 2 is 1.78 bits per heavy atom. The number of carbonyl (C=O) groups excluding carboxylic acids is 1. The number of hydrogen-bond acceptors (Lipinski definition) is 1. The average molecular weight is 267 g/mol. The minimum absolute atomic E-state index is 0.0691. The van der Waals surface area contributed by atoms with Crippen molar-refractivity contribution in [3.63, 3.8) is 0 Å². The molecule has 0 saturated heterocycles. The van der Waals surface area contributed by atoms with E-state index in [4.69, 9.17) is 11.6 Å². The molecule has 0 aromatic heterocycles. The fourth-order valence-corrected chi connectivity index (χ4v) is 1.92. The summed E-state index contributed by atoms with van der Waals surface area (Å²) in [5, 5.41) is 0.296. The van der Waals surface area contributed by atoms with Gasteiger partial charge in [0.1, 0.15) is 0 Å². The topological polar surface area (TPSA) is 17.1 Å². The second-order valence-corrected chi connectivity index (χ2v) is 4.35. The second kappa shape index (κ2) is 4.86. The van der Waals surface area contributed by atoms with Crippen molar-refractivity contribution >= 4 is 17.4 Å². The highest BCUT2D eigenvalue weighted by Crippen LogP contribution is 2.21. The van der Waals surface area contributed by atoms with Crippen LogP contribution in [0.2, 0.25) is 5.02 Å². The van der Waals surface area contributed by atoms with E-state index in [2.05, 4.69) is 0 Å². The number of aryl methyl sites for hydroxylation is 1. The second-order valence-electron chi connectivity index (χ2n) is 3.94. The van der Waals surface area contributed by atoms with E-state index in [0.717, 1.165) is 17.7 Å². The molecule has 2 aromatic rings. The van der Waals surface area contributed by atoms with E-state index < -0.39 is 17.4 Å². The summed E-state index contributed by atoms with van der Waals surface area (Å²) in [6, 6.07) is 7.98. The fraction of sp³-hybridized carbons (Fsp3) is 0.0714. The summed E-state index contributed by atoms with van der Waals surface area (Å²) in [7, 11) is 0. The van der Waals surface area contributed by atoms with Crippen LogP contribution in [0.4, 0.5) is 8.78 Å². The van der Waals surface area contributed by atoms with Crippen molar-refractivity contribution in [1.82, 2.24) is 0 Å². The maximum Gasteiger partial charge on any atom is 0.194 e. The first-order valence-corrected chi connectivity index (χ1v) is 5.63. The van der Waals surface area contributed by atoms with Gasteiger partial charge in [-0.1, -0.05) is 17.7 Å². The fourth-order valence-electron chi connectivity index (χ4n) is 1.60. The lowest BCUT2D eigenvalue weighted by Gasteiger charge is -2.05. The zero-order valence-electron chi connectivity index (χ0n) is 9.51. The van der Waals surface area contributed by atoms with Crippen molar-refractivity contribution in [3.05, 3.63) is 69.7 Å². The van der Waals surface area contributed by atoms with E-state index in [-0.39, 0.29) is 11.1 Å². The monoisotopic (exact) mass is 266 g/mol. The summed E-state index contributed by atoms with van der Waals surface area (Å²) in [6.07, 6.45) is 0. The number of halogens is 3. The molecule has 2 rings (SSSR count). The van der Waals surface area contributed by atoms with Gasteiger partial charge < -0.3 is 0 Å². The minimum Gasteiger partial charge on any atom is -0.289 e. The molecule has 0 fully saturated rings. The zero-order chi connectivity index (χ0) is 13.3. The lowest BCUT2D eigenvalue weighted by atomic mass is 10.0. The molecule has 92 valence electrons. The van der Waals surface area contributed by atoms with Crippen LogP contribution in [0.25, 0.3) is 0 Å². The van der Waals surface area contributed by atoms with E-state index in [1.807, 2.05) is 6.92 Å². The van der Waals surface area contributed by atoms with Gasteiger partial charge in [0.25, 0.3) is 0 Å². The predicted molar refractivity (Wildman–Crippen MR) is 66.0 cm³/mol. The third-order valence-electron chi connectivity index (χ3n) is 2.55. The van der Waals surface area contributed by atoms with Crippen molar-refractivity contribution in [2.75, 3.05) is 0 Å². The van der Waals surface area contributed by atoms with Gasteiger partial charge in [0, 0.05) is 11.1 Å². The summed E-state index contributed by atoms with van der Waals surface area (Å²) in [5.41, 5.74) is 1.26. The largest absolute Gasteiger partial charge is 0.289 e. The van der Waals surface area contributed by atoms with Crippen LogP contribution in [-0.4, -0.2) is 5.78 Å². The van der Waals surface area contributed by atoms with E-state index in [1.54, 1.807) is 18.2 Å². The van der Waals surface area contributed by atoms with Gasteiger partial charge in [-0.15, -0.1) is 0 Å². The van der Waals surface area contributed by atoms with Crippen molar-refractivity contribution in [2.24, 2.45) is 0 Å². The summed E-state index contributed by atoms with van der Waals surface area (Å²) in [5.74, 6) is -2.47. The van der Waals surface area contributed by atoms with Crippen LogP contribution in [-0.2, 0) is 0 Å². The van der Waals surface area contributed by atoms with Crippen LogP contribution in [0.3, 0.4) is 0 Å².